The number of aliphatic hydroxyl groups excluding tert-OH is 1. The number of nitrogens with zero attached hydrogens (tertiary/aromatic N) is 1. The Hall–Kier alpha value is -0.870. The van der Waals surface area contributed by atoms with Crippen LogP contribution in [0.4, 0.5) is 0 Å². The molecule has 3 nitrogen and oxygen atoms in total. The quantitative estimate of drug-likeness (QED) is 0.857. The van der Waals surface area contributed by atoms with Crippen LogP contribution in [0.25, 0.3) is 10.9 Å². The van der Waals surface area contributed by atoms with Crippen molar-refractivity contribution in [1.29, 1.82) is 0 Å². The summed E-state index contributed by atoms with van der Waals surface area (Å²) in [6.07, 6.45) is 2.97. The number of para-hydroxylation sites is 1. The van der Waals surface area contributed by atoms with Gasteiger partial charge in [0.05, 0.1) is 11.6 Å². The molecule has 1 aromatic carbocycles. The molecule has 1 saturated heterocycles. The molecule has 0 bridgehead atoms. The predicted molar refractivity (Wildman–Crippen MR) is 101 cm³/mol. The molecule has 1 aliphatic heterocycles. The fraction of sp³-hybridized carbons (Fsp3) is 0.500. The van der Waals surface area contributed by atoms with Gasteiger partial charge in [0.2, 0.25) is 0 Å². The summed E-state index contributed by atoms with van der Waals surface area (Å²) < 4.78 is 0. The van der Waals surface area contributed by atoms with Gasteiger partial charge in [0, 0.05) is 17.1 Å². The van der Waals surface area contributed by atoms with E-state index >= 15 is 0 Å². The van der Waals surface area contributed by atoms with Crippen LogP contribution in [0.3, 0.4) is 0 Å². The van der Waals surface area contributed by atoms with Gasteiger partial charge in [0.1, 0.15) is 0 Å². The summed E-state index contributed by atoms with van der Waals surface area (Å²) in [6.45, 7) is 5.29. The number of nitrogens with one attached hydrogen (secondary N) is 1. The number of pyridine rings is 1. The number of piperidine rings is 1. The molecule has 0 spiro atoms. The molecule has 2 atom stereocenters. The summed E-state index contributed by atoms with van der Waals surface area (Å²) in [5.74, 6) is 0.361. The van der Waals surface area contributed by atoms with Crippen molar-refractivity contribution in [3.8, 4) is 0 Å². The van der Waals surface area contributed by atoms with Crippen LogP contribution in [-0.4, -0.2) is 22.7 Å². The van der Waals surface area contributed by atoms with E-state index in [0.29, 0.717) is 5.92 Å². The Labute approximate surface area is 150 Å². The van der Waals surface area contributed by atoms with Crippen LogP contribution >= 0.6 is 24.8 Å². The highest BCUT2D eigenvalue weighted by atomic mass is 35.5. The van der Waals surface area contributed by atoms with Crippen molar-refractivity contribution < 1.29 is 5.11 Å². The lowest BCUT2D eigenvalue weighted by atomic mass is 9.91. The monoisotopic (exact) mass is 356 g/mol. The normalized spacial score (nSPS) is 19.0. The summed E-state index contributed by atoms with van der Waals surface area (Å²) in [5, 5.41) is 15.4. The fourth-order valence-corrected chi connectivity index (χ4v) is 3.13. The van der Waals surface area contributed by atoms with Gasteiger partial charge >= 0.3 is 0 Å². The zero-order valence-corrected chi connectivity index (χ0v) is 15.3. The van der Waals surface area contributed by atoms with Gasteiger partial charge in [-0.15, -0.1) is 24.8 Å². The first-order valence-corrected chi connectivity index (χ1v) is 7.98. The zero-order valence-electron chi connectivity index (χ0n) is 13.7. The molecule has 0 aliphatic carbocycles. The van der Waals surface area contributed by atoms with E-state index in [4.69, 9.17) is 4.98 Å². The van der Waals surface area contributed by atoms with Gasteiger partial charge in [0.25, 0.3) is 0 Å². The highest BCUT2D eigenvalue weighted by molar-refractivity contribution is 5.85. The molecule has 1 aliphatic rings. The SMILES string of the molecule is CC(C)c1cc(C(O)C2CCCCN2)c2ccccc2n1.Cl.Cl. The van der Waals surface area contributed by atoms with E-state index in [0.717, 1.165) is 35.1 Å². The van der Waals surface area contributed by atoms with Gasteiger partial charge < -0.3 is 10.4 Å². The molecule has 1 aromatic heterocycles. The second kappa shape index (κ2) is 8.84. The summed E-state index contributed by atoms with van der Waals surface area (Å²) in [7, 11) is 0. The molecule has 0 saturated carbocycles. The summed E-state index contributed by atoms with van der Waals surface area (Å²) >= 11 is 0. The summed E-state index contributed by atoms with van der Waals surface area (Å²) in [6, 6.07) is 10.4. The van der Waals surface area contributed by atoms with Crippen molar-refractivity contribution in [3.63, 3.8) is 0 Å². The standard InChI is InChI=1S/C18H24N2O.2ClH/c1-12(2)17-11-14(13-7-3-4-8-15(13)20-17)18(21)16-9-5-6-10-19-16;;/h3-4,7-8,11-12,16,18-19,21H,5-6,9-10H2,1-2H3;2*1H. The molecule has 1 fully saturated rings. The predicted octanol–water partition coefficient (Wildman–Crippen LogP) is 4.38. The van der Waals surface area contributed by atoms with Crippen molar-refractivity contribution in [2.24, 2.45) is 0 Å². The smallest absolute Gasteiger partial charge is 0.0950 e. The average Bonchev–Trinajstić information content (AvgIpc) is 2.54. The van der Waals surface area contributed by atoms with E-state index in [1.54, 1.807) is 0 Å². The molecule has 0 amide bonds. The van der Waals surface area contributed by atoms with Crippen LogP contribution in [0.1, 0.15) is 56.4 Å². The van der Waals surface area contributed by atoms with Crippen LogP contribution in [-0.2, 0) is 0 Å². The fourth-order valence-electron chi connectivity index (χ4n) is 3.13. The molecule has 2 unspecified atom stereocenters. The van der Waals surface area contributed by atoms with E-state index < -0.39 is 6.10 Å². The van der Waals surface area contributed by atoms with Crippen LogP contribution in [0.2, 0.25) is 0 Å². The Balaban J connectivity index is 0.00000132. The largest absolute Gasteiger partial charge is 0.387 e. The number of rotatable bonds is 3. The van der Waals surface area contributed by atoms with Crippen molar-refractivity contribution in [2.75, 3.05) is 6.54 Å². The van der Waals surface area contributed by atoms with E-state index in [-0.39, 0.29) is 30.9 Å². The minimum atomic E-state index is -0.462. The van der Waals surface area contributed by atoms with E-state index in [1.807, 2.05) is 18.2 Å². The Morgan fingerprint density at radius 2 is 1.91 bits per heavy atom. The maximum Gasteiger partial charge on any atom is 0.0950 e. The van der Waals surface area contributed by atoms with Gasteiger partial charge in [-0.3, -0.25) is 4.98 Å². The van der Waals surface area contributed by atoms with E-state index in [2.05, 4.69) is 31.3 Å². The summed E-state index contributed by atoms with van der Waals surface area (Å²) in [4.78, 5) is 4.73. The second-order valence-corrected chi connectivity index (χ2v) is 6.31. The first kappa shape index (κ1) is 20.2. The number of fused-ring (bicyclic) bond motifs is 1. The third-order valence-corrected chi connectivity index (χ3v) is 4.41. The van der Waals surface area contributed by atoms with Crippen molar-refractivity contribution in [2.45, 2.75) is 51.2 Å². The average molecular weight is 357 g/mol. The van der Waals surface area contributed by atoms with Crippen LogP contribution in [0.5, 0.6) is 0 Å². The number of hydrogen-bond donors (Lipinski definition) is 2. The van der Waals surface area contributed by atoms with Gasteiger partial charge in [-0.2, -0.15) is 0 Å². The number of hydrogen-bond acceptors (Lipinski definition) is 3. The summed E-state index contributed by atoms with van der Waals surface area (Å²) in [5.41, 5.74) is 3.05. The molecule has 2 aromatic rings. The molecule has 5 heteroatoms. The molecular formula is C18H26Cl2N2O. The first-order valence-electron chi connectivity index (χ1n) is 7.98. The number of aromatic nitrogens is 1. The van der Waals surface area contributed by atoms with Gasteiger partial charge in [-0.25, -0.2) is 0 Å². The number of benzene rings is 1. The Bertz CT molecular complexity index is 627. The Morgan fingerprint density at radius 1 is 1.17 bits per heavy atom. The minimum Gasteiger partial charge on any atom is -0.387 e. The maximum absolute atomic E-state index is 10.9. The van der Waals surface area contributed by atoms with E-state index in [1.165, 1.54) is 12.8 Å². The number of halogens is 2. The molecule has 128 valence electrons. The van der Waals surface area contributed by atoms with Crippen molar-refractivity contribution in [1.82, 2.24) is 10.3 Å². The van der Waals surface area contributed by atoms with Gasteiger partial charge in [0.15, 0.2) is 0 Å². The Morgan fingerprint density at radius 3 is 2.57 bits per heavy atom. The molecule has 23 heavy (non-hydrogen) atoms. The first-order chi connectivity index (χ1) is 10.2. The third-order valence-electron chi connectivity index (χ3n) is 4.41. The molecule has 2 heterocycles. The van der Waals surface area contributed by atoms with E-state index in [9.17, 15) is 5.11 Å². The molecule has 3 rings (SSSR count). The second-order valence-electron chi connectivity index (χ2n) is 6.31. The van der Waals surface area contributed by atoms with Crippen molar-refractivity contribution >= 4 is 35.7 Å². The zero-order chi connectivity index (χ0) is 14.8. The Kier molecular flexibility index (Phi) is 7.75. The minimum absolute atomic E-state index is 0. The lowest BCUT2D eigenvalue weighted by molar-refractivity contribution is 0.115. The maximum atomic E-state index is 10.9. The molecular weight excluding hydrogens is 331 g/mol. The van der Waals surface area contributed by atoms with Crippen LogP contribution in [0, 0.1) is 0 Å². The molecule has 2 N–H and O–H groups in total. The highest BCUT2D eigenvalue weighted by Crippen LogP contribution is 2.30. The van der Waals surface area contributed by atoms with Crippen LogP contribution < -0.4 is 5.32 Å². The third kappa shape index (κ3) is 4.36. The lowest BCUT2D eigenvalue weighted by Gasteiger charge is -2.29. The van der Waals surface area contributed by atoms with Gasteiger partial charge in [-0.05, 0) is 43.0 Å². The topological polar surface area (TPSA) is 45.1 Å². The van der Waals surface area contributed by atoms with Crippen molar-refractivity contribution in [3.05, 3.63) is 41.6 Å². The molecule has 0 radical (unpaired) electrons. The van der Waals surface area contributed by atoms with Gasteiger partial charge in [-0.1, -0.05) is 38.5 Å². The number of aliphatic hydroxyl groups is 1. The lowest BCUT2D eigenvalue weighted by Crippen LogP contribution is -2.38. The highest BCUT2D eigenvalue weighted by Gasteiger charge is 2.25. The van der Waals surface area contributed by atoms with Crippen LogP contribution in [0.15, 0.2) is 30.3 Å².